The van der Waals surface area contributed by atoms with Gasteiger partial charge in [0.25, 0.3) is 0 Å². The minimum atomic E-state index is 0.274. The molecule has 0 amide bonds. The summed E-state index contributed by atoms with van der Waals surface area (Å²) in [5, 5.41) is 0. The minimum absolute atomic E-state index is 0.274. The molecule has 14 heavy (non-hydrogen) atoms. The Kier molecular flexibility index (Phi) is 2.02. The number of allylic oxidation sites excluding steroid dienone is 2. The van der Waals surface area contributed by atoms with E-state index < -0.39 is 0 Å². The van der Waals surface area contributed by atoms with Crippen LogP contribution in [-0.2, 0) is 6.42 Å². The Labute approximate surface area is 86.7 Å². The molecule has 0 aliphatic heterocycles. The van der Waals surface area contributed by atoms with Gasteiger partial charge in [-0.05, 0) is 35.5 Å². The largest absolute Gasteiger partial charge is 0.0646 e. The molecule has 0 heteroatoms. The van der Waals surface area contributed by atoms with Crippen molar-refractivity contribution in [1.82, 2.24) is 0 Å². The van der Waals surface area contributed by atoms with Crippen molar-refractivity contribution in [2.75, 3.05) is 0 Å². The molecule has 74 valence electrons. The van der Waals surface area contributed by atoms with E-state index in [1.54, 1.807) is 11.1 Å². The van der Waals surface area contributed by atoms with Gasteiger partial charge in [0, 0.05) is 0 Å². The van der Waals surface area contributed by atoms with Gasteiger partial charge in [-0.3, -0.25) is 0 Å². The molecule has 0 heterocycles. The average molecular weight is 186 g/mol. The summed E-state index contributed by atoms with van der Waals surface area (Å²) in [4.78, 5) is 0. The molecule has 1 aliphatic carbocycles. The SMILES string of the molecule is CC1=C(C(C)(C)C)c2ccccc2C1. The zero-order chi connectivity index (χ0) is 10.3. The smallest absolute Gasteiger partial charge is 0.00576 e. The summed E-state index contributed by atoms with van der Waals surface area (Å²) in [5.41, 5.74) is 6.33. The van der Waals surface area contributed by atoms with E-state index in [1.165, 1.54) is 11.1 Å². The van der Waals surface area contributed by atoms with Gasteiger partial charge in [-0.1, -0.05) is 50.6 Å². The standard InChI is InChI=1S/C14H18/c1-10-9-11-7-5-6-8-12(11)13(10)14(2,3)4/h5-8H,9H2,1-4H3. The van der Waals surface area contributed by atoms with Crippen molar-refractivity contribution >= 4 is 5.57 Å². The van der Waals surface area contributed by atoms with E-state index in [0.29, 0.717) is 0 Å². The van der Waals surface area contributed by atoms with E-state index in [9.17, 15) is 0 Å². The van der Waals surface area contributed by atoms with Crippen LogP contribution in [0.25, 0.3) is 5.57 Å². The summed E-state index contributed by atoms with van der Waals surface area (Å²) < 4.78 is 0. The van der Waals surface area contributed by atoms with Gasteiger partial charge in [0.15, 0.2) is 0 Å². The van der Waals surface area contributed by atoms with Crippen molar-refractivity contribution in [3.63, 3.8) is 0 Å². The molecular formula is C14H18. The molecule has 0 nitrogen and oxygen atoms in total. The zero-order valence-electron chi connectivity index (χ0n) is 9.52. The Balaban J connectivity index is 2.57. The molecular weight excluding hydrogens is 168 g/mol. The Bertz CT molecular complexity index is 389. The summed E-state index contributed by atoms with van der Waals surface area (Å²) in [5.74, 6) is 0. The van der Waals surface area contributed by atoms with Crippen molar-refractivity contribution in [3.05, 3.63) is 41.0 Å². The van der Waals surface area contributed by atoms with Gasteiger partial charge in [-0.15, -0.1) is 0 Å². The second-order valence-corrected chi connectivity index (χ2v) is 5.24. The van der Waals surface area contributed by atoms with E-state index in [0.717, 1.165) is 6.42 Å². The molecule has 1 aromatic rings. The number of hydrogen-bond donors (Lipinski definition) is 0. The molecule has 0 fully saturated rings. The summed E-state index contributed by atoms with van der Waals surface area (Å²) in [6, 6.07) is 8.78. The van der Waals surface area contributed by atoms with Crippen LogP contribution in [-0.4, -0.2) is 0 Å². The van der Waals surface area contributed by atoms with E-state index in [-0.39, 0.29) is 5.41 Å². The predicted molar refractivity (Wildman–Crippen MR) is 62.2 cm³/mol. The van der Waals surface area contributed by atoms with Crippen LogP contribution in [0.5, 0.6) is 0 Å². The third-order valence-corrected chi connectivity index (χ3v) is 2.92. The van der Waals surface area contributed by atoms with Gasteiger partial charge in [-0.2, -0.15) is 0 Å². The molecule has 0 atom stereocenters. The highest BCUT2D eigenvalue weighted by Crippen LogP contribution is 2.43. The fourth-order valence-corrected chi connectivity index (χ4v) is 2.57. The third-order valence-electron chi connectivity index (χ3n) is 2.92. The van der Waals surface area contributed by atoms with Crippen molar-refractivity contribution in [1.29, 1.82) is 0 Å². The highest BCUT2D eigenvalue weighted by Gasteiger charge is 2.27. The highest BCUT2D eigenvalue weighted by atomic mass is 14.3. The molecule has 0 N–H and O–H groups in total. The normalized spacial score (nSPS) is 16.0. The van der Waals surface area contributed by atoms with Gasteiger partial charge in [-0.25, -0.2) is 0 Å². The van der Waals surface area contributed by atoms with E-state index in [4.69, 9.17) is 0 Å². The minimum Gasteiger partial charge on any atom is -0.0646 e. The molecule has 0 bridgehead atoms. The molecule has 0 aromatic heterocycles. The fourth-order valence-electron chi connectivity index (χ4n) is 2.57. The Morgan fingerprint density at radius 2 is 1.71 bits per heavy atom. The first-order valence-electron chi connectivity index (χ1n) is 5.28. The Morgan fingerprint density at radius 1 is 1.07 bits per heavy atom. The lowest BCUT2D eigenvalue weighted by molar-refractivity contribution is 0.565. The first kappa shape index (κ1) is 9.51. The van der Waals surface area contributed by atoms with Crippen LogP contribution in [0.1, 0.15) is 38.8 Å². The molecule has 0 saturated carbocycles. The van der Waals surface area contributed by atoms with E-state index in [1.807, 2.05) is 0 Å². The van der Waals surface area contributed by atoms with Crippen LogP contribution in [0.3, 0.4) is 0 Å². The van der Waals surface area contributed by atoms with E-state index >= 15 is 0 Å². The van der Waals surface area contributed by atoms with Crippen LogP contribution >= 0.6 is 0 Å². The summed E-state index contributed by atoms with van der Waals surface area (Å²) in [6.07, 6.45) is 1.14. The molecule has 2 rings (SSSR count). The zero-order valence-corrected chi connectivity index (χ0v) is 9.52. The average Bonchev–Trinajstić information content (AvgIpc) is 2.38. The third kappa shape index (κ3) is 1.39. The summed E-state index contributed by atoms with van der Waals surface area (Å²) in [7, 11) is 0. The van der Waals surface area contributed by atoms with Gasteiger partial charge in [0.1, 0.15) is 0 Å². The highest BCUT2D eigenvalue weighted by molar-refractivity contribution is 5.78. The van der Waals surface area contributed by atoms with Gasteiger partial charge >= 0.3 is 0 Å². The second-order valence-electron chi connectivity index (χ2n) is 5.24. The van der Waals surface area contributed by atoms with Crippen molar-refractivity contribution in [3.8, 4) is 0 Å². The lowest BCUT2D eigenvalue weighted by Crippen LogP contribution is -2.08. The number of benzene rings is 1. The summed E-state index contributed by atoms with van der Waals surface area (Å²) >= 11 is 0. The first-order valence-corrected chi connectivity index (χ1v) is 5.28. The van der Waals surface area contributed by atoms with E-state index in [2.05, 4.69) is 52.0 Å². The molecule has 0 radical (unpaired) electrons. The Morgan fingerprint density at radius 3 is 2.36 bits per heavy atom. The van der Waals surface area contributed by atoms with Gasteiger partial charge in [0.05, 0.1) is 0 Å². The van der Waals surface area contributed by atoms with Crippen molar-refractivity contribution in [2.45, 2.75) is 34.1 Å². The predicted octanol–water partition coefficient (Wildman–Crippen LogP) is 4.06. The molecule has 0 saturated heterocycles. The van der Waals surface area contributed by atoms with Crippen LogP contribution in [0.4, 0.5) is 0 Å². The second kappa shape index (κ2) is 2.98. The maximum Gasteiger partial charge on any atom is -0.00576 e. The number of fused-ring (bicyclic) bond motifs is 1. The van der Waals surface area contributed by atoms with Crippen LogP contribution in [0.15, 0.2) is 29.8 Å². The monoisotopic (exact) mass is 186 g/mol. The van der Waals surface area contributed by atoms with Crippen LogP contribution < -0.4 is 0 Å². The number of hydrogen-bond acceptors (Lipinski definition) is 0. The topological polar surface area (TPSA) is 0 Å². The van der Waals surface area contributed by atoms with Gasteiger partial charge in [0.2, 0.25) is 0 Å². The lowest BCUT2D eigenvalue weighted by Gasteiger charge is -2.23. The molecule has 0 spiro atoms. The first-order chi connectivity index (χ1) is 6.50. The maximum atomic E-state index is 2.30. The molecule has 1 aromatic carbocycles. The Hall–Kier alpha value is -1.04. The van der Waals surface area contributed by atoms with Crippen molar-refractivity contribution < 1.29 is 0 Å². The van der Waals surface area contributed by atoms with Crippen molar-refractivity contribution in [2.24, 2.45) is 5.41 Å². The summed E-state index contributed by atoms with van der Waals surface area (Å²) in [6.45, 7) is 9.16. The molecule has 1 aliphatic rings. The van der Waals surface area contributed by atoms with Crippen LogP contribution in [0.2, 0.25) is 0 Å². The number of rotatable bonds is 0. The molecule has 0 unspecified atom stereocenters. The van der Waals surface area contributed by atoms with Crippen LogP contribution in [0, 0.1) is 5.41 Å². The lowest BCUT2D eigenvalue weighted by atomic mass is 9.82. The quantitative estimate of drug-likeness (QED) is 0.573. The fraction of sp³-hybridized carbons (Fsp3) is 0.429. The maximum absolute atomic E-state index is 2.30. The van der Waals surface area contributed by atoms with Gasteiger partial charge < -0.3 is 0 Å².